The highest BCUT2D eigenvalue weighted by Gasteiger charge is 2.22. The number of nitrogens with zero attached hydrogens (tertiary/aromatic N) is 2. The highest BCUT2D eigenvalue weighted by atomic mass is 32.1. The summed E-state index contributed by atoms with van der Waals surface area (Å²) in [5.41, 5.74) is 11.1. The average molecular weight is 523 g/mol. The quantitative estimate of drug-likeness (QED) is 0.220. The van der Waals surface area contributed by atoms with Gasteiger partial charge in [-0.2, -0.15) is 0 Å². The van der Waals surface area contributed by atoms with Crippen molar-refractivity contribution in [3.8, 4) is 22.3 Å². The predicted molar refractivity (Wildman–Crippen MR) is 163 cm³/mol. The summed E-state index contributed by atoms with van der Waals surface area (Å²) >= 11 is 3.31. The van der Waals surface area contributed by atoms with Crippen molar-refractivity contribution in [2.24, 2.45) is 9.98 Å². The predicted octanol–water partition coefficient (Wildman–Crippen LogP) is 9.80. The van der Waals surface area contributed by atoms with Crippen LogP contribution in [0.15, 0.2) is 142 Å². The van der Waals surface area contributed by atoms with Gasteiger partial charge in [-0.1, -0.05) is 109 Å². The molecule has 0 N–H and O–H groups in total. The number of benzene rings is 4. The maximum Gasteiger partial charge on any atom is 0.126 e. The molecule has 2 aromatic heterocycles. The van der Waals surface area contributed by atoms with E-state index in [9.17, 15) is 0 Å². The van der Waals surface area contributed by atoms with Crippen LogP contribution in [0.3, 0.4) is 0 Å². The highest BCUT2D eigenvalue weighted by molar-refractivity contribution is 7.15. The van der Waals surface area contributed by atoms with Crippen LogP contribution < -0.4 is 0 Å². The molecule has 0 bridgehead atoms. The maximum absolute atomic E-state index is 5.25. The minimum atomic E-state index is 0.965. The van der Waals surface area contributed by atoms with Crippen molar-refractivity contribution in [3.05, 3.63) is 154 Å². The molecule has 4 heteroatoms. The zero-order valence-electron chi connectivity index (χ0n) is 20.4. The lowest BCUT2D eigenvalue weighted by Gasteiger charge is -2.14. The third-order valence-electron chi connectivity index (χ3n) is 6.76. The second kappa shape index (κ2) is 9.82. The van der Waals surface area contributed by atoms with Crippen LogP contribution in [0.2, 0.25) is 0 Å². The van der Waals surface area contributed by atoms with Crippen molar-refractivity contribution in [3.63, 3.8) is 0 Å². The van der Waals surface area contributed by atoms with E-state index in [-0.39, 0.29) is 0 Å². The van der Waals surface area contributed by atoms with Gasteiger partial charge in [0, 0.05) is 22.3 Å². The van der Waals surface area contributed by atoms with Crippen molar-refractivity contribution >= 4 is 44.1 Å². The summed E-state index contributed by atoms with van der Waals surface area (Å²) in [7, 11) is 0. The Bertz CT molecular complexity index is 1640. The largest absolute Gasteiger partial charge is 0.236 e. The molecule has 0 aliphatic carbocycles. The standard InChI is InChI=1S/C34H22N2S2/c1-3-7-23(8-4-1)25-11-15-27(16-12-25)31-29-19-21-37-33(29)36-32(30-20-22-38-34(30)35-31)28-17-13-26(14-18-28)24-9-5-2-6-10-24/h1-22H/b31-29?,32-30?,35-31-,35-34?,36-32-,36-33?. The Balaban J connectivity index is 1.30. The van der Waals surface area contributed by atoms with Gasteiger partial charge in [0.2, 0.25) is 0 Å². The molecule has 0 unspecified atom stereocenters. The van der Waals surface area contributed by atoms with Crippen molar-refractivity contribution in [1.29, 1.82) is 0 Å². The number of thiophene rings is 2. The zero-order valence-corrected chi connectivity index (χ0v) is 22.0. The minimum absolute atomic E-state index is 0.965. The Labute approximate surface area is 230 Å². The molecule has 1 aliphatic rings. The van der Waals surface area contributed by atoms with Crippen molar-refractivity contribution in [2.45, 2.75) is 0 Å². The molecule has 0 amide bonds. The van der Waals surface area contributed by atoms with Gasteiger partial charge in [0.1, 0.15) is 10.0 Å². The lowest BCUT2D eigenvalue weighted by Crippen LogP contribution is -2.07. The van der Waals surface area contributed by atoms with Crippen LogP contribution in [0.1, 0.15) is 22.3 Å². The summed E-state index contributed by atoms with van der Waals surface area (Å²) in [6.45, 7) is 0. The molecule has 0 saturated heterocycles. The summed E-state index contributed by atoms with van der Waals surface area (Å²) in [5.74, 6) is 0. The van der Waals surface area contributed by atoms with Crippen LogP contribution in [-0.2, 0) is 0 Å². The summed E-state index contributed by atoms with van der Waals surface area (Å²) in [4.78, 5) is 10.5. The molecule has 7 rings (SSSR count). The molecule has 0 spiro atoms. The van der Waals surface area contributed by atoms with E-state index in [2.05, 4.69) is 120 Å². The van der Waals surface area contributed by atoms with Crippen LogP contribution >= 0.6 is 22.7 Å². The van der Waals surface area contributed by atoms with E-state index in [0.717, 1.165) is 43.7 Å². The van der Waals surface area contributed by atoms with Crippen LogP contribution in [0.25, 0.3) is 22.3 Å². The maximum atomic E-state index is 5.25. The lowest BCUT2D eigenvalue weighted by molar-refractivity contribution is 1.46. The lowest BCUT2D eigenvalue weighted by atomic mass is 9.97. The molecular formula is C34H22N2S2. The second-order valence-corrected chi connectivity index (χ2v) is 10.9. The molecular weight excluding hydrogens is 501 g/mol. The SMILES string of the molecule is c1ccc(-c2ccc(/C3=N/c4sccc4/C(c4ccc(-c5ccccc5)cc4)=N\c4sccc43)cc2)cc1. The van der Waals surface area contributed by atoms with Crippen LogP contribution in [0.4, 0.5) is 10.0 Å². The first kappa shape index (κ1) is 22.8. The van der Waals surface area contributed by atoms with Gasteiger partial charge in [-0.25, -0.2) is 9.98 Å². The van der Waals surface area contributed by atoms with E-state index in [1.165, 1.54) is 22.3 Å². The van der Waals surface area contributed by atoms with Gasteiger partial charge in [-0.3, -0.25) is 0 Å². The molecule has 3 heterocycles. The fourth-order valence-electron chi connectivity index (χ4n) is 4.80. The first-order chi connectivity index (χ1) is 18.8. The first-order valence-corrected chi connectivity index (χ1v) is 14.2. The summed E-state index contributed by atoms with van der Waals surface area (Å²) in [6, 6.07) is 42.6. The van der Waals surface area contributed by atoms with Gasteiger partial charge in [0.15, 0.2) is 0 Å². The molecule has 6 aromatic rings. The van der Waals surface area contributed by atoms with Crippen molar-refractivity contribution in [2.75, 3.05) is 0 Å². The highest BCUT2D eigenvalue weighted by Crippen LogP contribution is 2.39. The van der Waals surface area contributed by atoms with Crippen molar-refractivity contribution in [1.82, 2.24) is 0 Å². The summed E-state index contributed by atoms with van der Waals surface area (Å²) in [5, 5.41) is 6.18. The van der Waals surface area contributed by atoms with E-state index in [1.54, 1.807) is 22.7 Å². The molecule has 4 aromatic carbocycles. The van der Waals surface area contributed by atoms with E-state index < -0.39 is 0 Å². The average Bonchev–Trinajstić information content (AvgIpc) is 3.64. The van der Waals surface area contributed by atoms with Gasteiger partial charge in [0.05, 0.1) is 11.4 Å². The van der Waals surface area contributed by atoms with Gasteiger partial charge >= 0.3 is 0 Å². The smallest absolute Gasteiger partial charge is 0.126 e. The number of hydrogen-bond donors (Lipinski definition) is 0. The molecule has 0 atom stereocenters. The zero-order chi connectivity index (χ0) is 25.3. The number of aliphatic imine (C=N–C) groups is 2. The summed E-state index contributed by atoms with van der Waals surface area (Å²) < 4.78 is 0. The van der Waals surface area contributed by atoms with Gasteiger partial charge in [-0.15, -0.1) is 22.7 Å². The van der Waals surface area contributed by atoms with Crippen LogP contribution in [0, 0.1) is 0 Å². The molecule has 180 valence electrons. The normalized spacial score (nSPS) is 15.3. The molecule has 2 nitrogen and oxygen atoms in total. The van der Waals surface area contributed by atoms with Crippen LogP contribution in [0.5, 0.6) is 0 Å². The fourth-order valence-corrected chi connectivity index (χ4v) is 6.34. The van der Waals surface area contributed by atoms with Gasteiger partial charge < -0.3 is 0 Å². The van der Waals surface area contributed by atoms with Gasteiger partial charge in [0.25, 0.3) is 0 Å². The molecule has 0 saturated carbocycles. The minimum Gasteiger partial charge on any atom is -0.236 e. The third kappa shape index (κ3) is 4.24. The monoisotopic (exact) mass is 522 g/mol. The van der Waals surface area contributed by atoms with E-state index in [1.807, 2.05) is 12.1 Å². The first-order valence-electron chi connectivity index (χ1n) is 12.5. The molecule has 0 fully saturated rings. The molecule has 1 aliphatic heterocycles. The Hall–Kier alpha value is -4.38. The number of hydrogen-bond acceptors (Lipinski definition) is 4. The summed E-state index contributed by atoms with van der Waals surface area (Å²) in [6.07, 6.45) is 0. The number of fused-ring (bicyclic) bond motifs is 2. The van der Waals surface area contributed by atoms with E-state index in [4.69, 9.17) is 9.98 Å². The van der Waals surface area contributed by atoms with Crippen molar-refractivity contribution < 1.29 is 0 Å². The Morgan fingerprint density at radius 1 is 0.342 bits per heavy atom. The molecule has 38 heavy (non-hydrogen) atoms. The van der Waals surface area contributed by atoms with E-state index >= 15 is 0 Å². The number of rotatable bonds is 4. The Kier molecular flexibility index (Phi) is 5.89. The molecule has 0 radical (unpaired) electrons. The van der Waals surface area contributed by atoms with Gasteiger partial charge in [-0.05, 0) is 45.1 Å². The Morgan fingerprint density at radius 3 is 1.08 bits per heavy atom. The third-order valence-corrected chi connectivity index (χ3v) is 8.37. The van der Waals surface area contributed by atoms with Crippen LogP contribution in [-0.4, -0.2) is 11.4 Å². The fraction of sp³-hybridized carbons (Fsp3) is 0. The second-order valence-electron chi connectivity index (χ2n) is 9.09. The van der Waals surface area contributed by atoms with E-state index in [0.29, 0.717) is 0 Å². The Morgan fingerprint density at radius 2 is 0.684 bits per heavy atom. The topological polar surface area (TPSA) is 24.7 Å².